The van der Waals surface area contributed by atoms with Crippen LogP contribution in [0.1, 0.15) is 52.7 Å². The Labute approximate surface area is 205 Å². The second-order valence-corrected chi connectivity index (χ2v) is 21.2. The summed E-state index contributed by atoms with van der Waals surface area (Å²) in [4.78, 5) is 0. The SMILES string of the molecule is CC(C)(C)Oc1ccc(CC[Si](C)(C)O[Si](C)(C)CCc2ccc(OC(C)(C)C)cc2)cc1. The Morgan fingerprint density at radius 1 is 0.545 bits per heavy atom. The highest BCUT2D eigenvalue weighted by atomic mass is 28.4. The van der Waals surface area contributed by atoms with E-state index in [4.69, 9.17) is 13.6 Å². The monoisotopic (exact) mass is 486 g/mol. The first kappa shape index (κ1) is 27.7. The third-order valence-electron chi connectivity index (χ3n) is 5.28. The minimum Gasteiger partial charge on any atom is -0.488 e. The maximum Gasteiger partial charge on any atom is 0.173 e. The van der Waals surface area contributed by atoms with E-state index >= 15 is 0 Å². The van der Waals surface area contributed by atoms with Crippen LogP contribution in [0.5, 0.6) is 11.5 Å². The Hall–Kier alpha value is -1.57. The molecule has 0 amide bonds. The highest BCUT2D eigenvalue weighted by Gasteiger charge is 2.32. The van der Waals surface area contributed by atoms with E-state index in [0.717, 1.165) is 36.4 Å². The molecule has 0 aromatic heterocycles. The first-order chi connectivity index (χ1) is 15.0. The molecule has 2 aromatic rings. The average Bonchev–Trinajstić information content (AvgIpc) is 2.64. The van der Waals surface area contributed by atoms with Crippen LogP contribution in [0, 0.1) is 0 Å². The van der Waals surface area contributed by atoms with E-state index < -0.39 is 16.6 Å². The number of hydrogen-bond acceptors (Lipinski definition) is 3. The fourth-order valence-electron chi connectivity index (χ4n) is 3.90. The lowest BCUT2D eigenvalue weighted by molar-refractivity contribution is 0.130. The lowest BCUT2D eigenvalue weighted by atomic mass is 10.1. The molecule has 0 radical (unpaired) electrons. The van der Waals surface area contributed by atoms with Crippen molar-refractivity contribution in [3.05, 3.63) is 59.7 Å². The molecule has 0 fully saturated rings. The van der Waals surface area contributed by atoms with Gasteiger partial charge >= 0.3 is 0 Å². The van der Waals surface area contributed by atoms with Crippen molar-refractivity contribution in [3.63, 3.8) is 0 Å². The molecule has 0 bridgehead atoms. The van der Waals surface area contributed by atoms with Gasteiger partial charge < -0.3 is 13.6 Å². The van der Waals surface area contributed by atoms with Gasteiger partial charge in [-0.25, -0.2) is 0 Å². The molecule has 0 unspecified atom stereocenters. The van der Waals surface area contributed by atoms with Crippen LogP contribution in [-0.2, 0) is 17.0 Å². The molecular formula is C28H46O3Si2. The maximum atomic E-state index is 6.88. The van der Waals surface area contributed by atoms with E-state index in [-0.39, 0.29) is 11.2 Å². The molecule has 0 aliphatic heterocycles. The van der Waals surface area contributed by atoms with E-state index in [1.54, 1.807) is 0 Å². The molecule has 2 aromatic carbocycles. The van der Waals surface area contributed by atoms with Crippen molar-refractivity contribution >= 4 is 16.6 Å². The lowest BCUT2D eigenvalue weighted by Gasteiger charge is -2.34. The number of ether oxygens (including phenoxy) is 2. The summed E-state index contributed by atoms with van der Waals surface area (Å²) in [6.45, 7) is 22.0. The van der Waals surface area contributed by atoms with Crippen molar-refractivity contribution < 1.29 is 13.6 Å². The van der Waals surface area contributed by atoms with Crippen molar-refractivity contribution in [3.8, 4) is 11.5 Å². The summed E-state index contributed by atoms with van der Waals surface area (Å²) < 4.78 is 18.8. The zero-order chi connectivity index (χ0) is 24.9. The second kappa shape index (κ2) is 10.8. The van der Waals surface area contributed by atoms with E-state index in [2.05, 4.69) is 116 Å². The molecule has 0 saturated heterocycles. The molecule has 5 heteroatoms. The largest absolute Gasteiger partial charge is 0.488 e. The molecule has 3 nitrogen and oxygen atoms in total. The zero-order valence-electron chi connectivity index (χ0n) is 22.7. The maximum absolute atomic E-state index is 6.88. The first-order valence-corrected chi connectivity index (χ1v) is 18.5. The first-order valence-electron chi connectivity index (χ1n) is 12.3. The third kappa shape index (κ3) is 11.4. The van der Waals surface area contributed by atoms with Crippen molar-refractivity contribution in [1.29, 1.82) is 0 Å². The van der Waals surface area contributed by atoms with Gasteiger partial charge in [0.25, 0.3) is 0 Å². The molecule has 184 valence electrons. The zero-order valence-corrected chi connectivity index (χ0v) is 24.7. The van der Waals surface area contributed by atoms with Gasteiger partial charge in [-0.15, -0.1) is 0 Å². The van der Waals surface area contributed by atoms with Gasteiger partial charge in [0, 0.05) is 0 Å². The molecular weight excluding hydrogens is 440 g/mol. The smallest absolute Gasteiger partial charge is 0.173 e. The molecule has 0 spiro atoms. The van der Waals surface area contributed by atoms with E-state index in [1.807, 2.05) is 0 Å². The molecule has 0 aliphatic rings. The molecule has 33 heavy (non-hydrogen) atoms. The summed E-state index contributed by atoms with van der Waals surface area (Å²) in [7, 11) is -3.47. The summed E-state index contributed by atoms with van der Waals surface area (Å²) in [5.41, 5.74) is 2.39. The van der Waals surface area contributed by atoms with Gasteiger partial charge in [-0.2, -0.15) is 0 Å². The standard InChI is InChI=1S/C28H46O3Si2/c1-27(2,3)29-25-15-11-23(12-16-25)19-21-32(7,8)31-33(9,10)22-20-24-13-17-26(18-14-24)30-28(4,5)6/h11-18H,19-22H2,1-10H3. The molecule has 0 aliphatic carbocycles. The Bertz CT molecular complexity index is 785. The molecule has 2 rings (SSSR count). The third-order valence-corrected chi connectivity index (χ3v) is 12.6. The Morgan fingerprint density at radius 3 is 1.12 bits per heavy atom. The van der Waals surface area contributed by atoms with Crippen molar-refractivity contribution in [2.24, 2.45) is 0 Å². The van der Waals surface area contributed by atoms with Crippen LogP contribution in [0.3, 0.4) is 0 Å². The van der Waals surface area contributed by atoms with Crippen LogP contribution in [0.2, 0.25) is 38.3 Å². The van der Waals surface area contributed by atoms with Crippen molar-refractivity contribution in [2.45, 2.75) is 104 Å². The van der Waals surface area contributed by atoms with Gasteiger partial charge in [0.1, 0.15) is 22.7 Å². The summed E-state index contributed by atoms with van der Waals surface area (Å²) in [5.74, 6) is 1.87. The quantitative estimate of drug-likeness (QED) is 0.316. The van der Waals surface area contributed by atoms with Crippen LogP contribution >= 0.6 is 0 Å². The number of rotatable bonds is 10. The van der Waals surface area contributed by atoms with Crippen LogP contribution < -0.4 is 9.47 Å². The minimum absolute atomic E-state index is 0.164. The Morgan fingerprint density at radius 2 is 0.848 bits per heavy atom. The lowest BCUT2D eigenvalue weighted by Crippen LogP contribution is -2.44. The summed E-state index contributed by atoms with van der Waals surface area (Å²) in [5, 5.41) is 0. The molecule has 0 atom stereocenters. The topological polar surface area (TPSA) is 27.7 Å². The molecule has 0 saturated carbocycles. The van der Waals surface area contributed by atoms with E-state index in [0.29, 0.717) is 0 Å². The average molecular weight is 487 g/mol. The Balaban J connectivity index is 1.84. The van der Waals surface area contributed by atoms with Gasteiger partial charge in [0.15, 0.2) is 16.6 Å². The van der Waals surface area contributed by atoms with Crippen molar-refractivity contribution in [1.82, 2.24) is 0 Å². The minimum atomic E-state index is -1.74. The molecule has 0 N–H and O–H groups in total. The summed E-state index contributed by atoms with van der Waals surface area (Å²) >= 11 is 0. The summed E-state index contributed by atoms with van der Waals surface area (Å²) in [6, 6.07) is 19.4. The van der Waals surface area contributed by atoms with Crippen LogP contribution in [0.15, 0.2) is 48.5 Å². The second-order valence-electron chi connectivity index (χ2n) is 12.3. The number of aryl methyl sites for hydroxylation is 2. The Kier molecular flexibility index (Phi) is 9.05. The summed E-state index contributed by atoms with van der Waals surface area (Å²) in [6.07, 6.45) is 2.13. The van der Waals surface area contributed by atoms with Crippen LogP contribution in [0.4, 0.5) is 0 Å². The predicted molar refractivity (Wildman–Crippen MR) is 147 cm³/mol. The van der Waals surface area contributed by atoms with Crippen LogP contribution in [-0.4, -0.2) is 27.8 Å². The van der Waals surface area contributed by atoms with Gasteiger partial charge in [-0.05, 0) is 128 Å². The van der Waals surface area contributed by atoms with Crippen LogP contribution in [0.25, 0.3) is 0 Å². The number of benzene rings is 2. The van der Waals surface area contributed by atoms with Gasteiger partial charge in [-0.3, -0.25) is 0 Å². The highest BCUT2D eigenvalue weighted by molar-refractivity contribution is 6.84. The van der Waals surface area contributed by atoms with Gasteiger partial charge in [0.2, 0.25) is 0 Å². The fourth-order valence-corrected chi connectivity index (χ4v) is 12.5. The van der Waals surface area contributed by atoms with E-state index in [1.165, 1.54) is 11.1 Å². The fraction of sp³-hybridized carbons (Fsp3) is 0.571. The highest BCUT2D eigenvalue weighted by Crippen LogP contribution is 2.26. The van der Waals surface area contributed by atoms with Gasteiger partial charge in [-0.1, -0.05) is 24.3 Å². The molecule has 0 heterocycles. The predicted octanol–water partition coefficient (Wildman–Crippen LogP) is 8.25. The van der Waals surface area contributed by atoms with Crippen molar-refractivity contribution in [2.75, 3.05) is 0 Å². The normalized spacial score (nSPS) is 13.2. The van der Waals surface area contributed by atoms with E-state index in [9.17, 15) is 0 Å². The van der Waals surface area contributed by atoms with Gasteiger partial charge in [0.05, 0.1) is 0 Å². The number of hydrogen-bond donors (Lipinski definition) is 0.